The molecule has 1 fully saturated rings. The average Bonchev–Trinajstić information content (AvgIpc) is 2.15. The molecule has 0 aliphatic heterocycles. The highest BCUT2D eigenvalue weighted by molar-refractivity contribution is 5.76. The second-order valence-electron chi connectivity index (χ2n) is 6.35. The van der Waals surface area contributed by atoms with Crippen molar-refractivity contribution in [3.05, 3.63) is 0 Å². The Morgan fingerprint density at radius 2 is 2.24 bits per heavy atom. The number of hydrogen-bond acceptors (Lipinski definition) is 1. The number of amides is 1. The number of hydrogen-bond donors (Lipinski definition) is 1. The van der Waals surface area contributed by atoms with E-state index in [-0.39, 0.29) is 13.4 Å². The lowest BCUT2D eigenvalue weighted by Gasteiger charge is -2.40. The van der Waals surface area contributed by atoms with Crippen LogP contribution in [-0.2, 0) is 4.79 Å². The Balaban J connectivity index is 0.00000289. The second kappa shape index (κ2) is 6.42. The largest absolute Gasteiger partial charge is 0.354 e. The SMILES string of the molecule is CCCC1(CC(=O)NC(C)C)CCCC(C)C1.[HH]. The third kappa shape index (κ3) is 4.69. The average molecular weight is 241 g/mol. The van der Waals surface area contributed by atoms with Crippen molar-refractivity contribution >= 4 is 5.91 Å². The first kappa shape index (κ1) is 14.5. The molecule has 0 aromatic rings. The monoisotopic (exact) mass is 241 g/mol. The standard InChI is InChI=1S/C15H29NO.H2/c1-5-8-15(9-6-7-13(4)10-15)11-14(17)16-12(2)3;/h12-13H,5-11H2,1-4H3,(H,16,17);1H. The molecule has 1 saturated carbocycles. The van der Waals surface area contributed by atoms with Gasteiger partial charge in [-0.25, -0.2) is 0 Å². The summed E-state index contributed by atoms with van der Waals surface area (Å²) in [7, 11) is 0. The predicted molar refractivity (Wildman–Crippen MR) is 75.0 cm³/mol. The lowest BCUT2D eigenvalue weighted by molar-refractivity contribution is -0.125. The number of carbonyl (C=O) groups is 1. The first-order valence-electron chi connectivity index (χ1n) is 7.27. The van der Waals surface area contributed by atoms with Crippen LogP contribution in [0.15, 0.2) is 0 Å². The van der Waals surface area contributed by atoms with E-state index >= 15 is 0 Å². The maximum Gasteiger partial charge on any atom is 0.220 e. The predicted octanol–water partition coefficient (Wildman–Crippen LogP) is 4.14. The van der Waals surface area contributed by atoms with E-state index in [0.29, 0.717) is 5.41 Å². The summed E-state index contributed by atoms with van der Waals surface area (Å²) >= 11 is 0. The summed E-state index contributed by atoms with van der Waals surface area (Å²) < 4.78 is 0. The Morgan fingerprint density at radius 1 is 1.53 bits per heavy atom. The summed E-state index contributed by atoms with van der Waals surface area (Å²) in [6.45, 7) is 8.65. The van der Waals surface area contributed by atoms with Crippen LogP contribution in [0.25, 0.3) is 0 Å². The first-order chi connectivity index (χ1) is 7.97. The van der Waals surface area contributed by atoms with Crippen LogP contribution >= 0.6 is 0 Å². The second-order valence-corrected chi connectivity index (χ2v) is 6.35. The van der Waals surface area contributed by atoms with E-state index < -0.39 is 0 Å². The van der Waals surface area contributed by atoms with Crippen molar-refractivity contribution < 1.29 is 6.22 Å². The van der Waals surface area contributed by atoms with Crippen LogP contribution in [0.2, 0.25) is 0 Å². The van der Waals surface area contributed by atoms with Gasteiger partial charge in [-0.15, -0.1) is 0 Å². The maximum absolute atomic E-state index is 12.0. The molecule has 2 atom stereocenters. The van der Waals surface area contributed by atoms with Gasteiger partial charge in [0.05, 0.1) is 0 Å². The molecule has 1 N–H and O–H groups in total. The van der Waals surface area contributed by atoms with Gasteiger partial charge in [0.2, 0.25) is 5.91 Å². The number of carbonyl (C=O) groups excluding carboxylic acids is 1. The molecule has 0 spiro atoms. The highest BCUT2D eigenvalue weighted by Gasteiger charge is 2.35. The van der Waals surface area contributed by atoms with Crippen LogP contribution in [0.5, 0.6) is 0 Å². The van der Waals surface area contributed by atoms with Gasteiger partial charge in [0.1, 0.15) is 0 Å². The van der Waals surface area contributed by atoms with Gasteiger partial charge in [0.25, 0.3) is 0 Å². The normalized spacial score (nSPS) is 29.4. The van der Waals surface area contributed by atoms with Gasteiger partial charge >= 0.3 is 0 Å². The Bertz CT molecular complexity index is 251. The third-order valence-electron chi connectivity index (χ3n) is 3.95. The molecule has 1 amide bonds. The highest BCUT2D eigenvalue weighted by Crippen LogP contribution is 2.45. The van der Waals surface area contributed by atoms with Crippen LogP contribution in [0.1, 0.15) is 74.1 Å². The highest BCUT2D eigenvalue weighted by atomic mass is 16.1. The lowest BCUT2D eigenvalue weighted by atomic mass is 9.66. The summed E-state index contributed by atoms with van der Waals surface area (Å²) in [6.07, 6.45) is 8.28. The summed E-state index contributed by atoms with van der Waals surface area (Å²) in [6, 6.07) is 0.266. The molecule has 1 aliphatic carbocycles. The van der Waals surface area contributed by atoms with E-state index in [4.69, 9.17) is 0 Å². The molecule has 0 aromatic carbocycles. The van der Waals surface area contributed by atoms with Gasteiger partial charge in [0, 0.05) is 13.9 Å². The zero-order chi connectivity index (χ0) is 12.9. The van der Waals surface area contributed by atoms with Crippen molar-refractivity contribution in [2.75, 3.05) is 0 Å². The van der Waals surface area contributed by atoms with Gasteiger partial charge < -0.3 is 5.32 Å². The molecule has 0 heterocycles. The van der Waals surface area contributed by atoms with Crippen LogP contribution in [0.4, 0.5) is 0 Å². The topological polar surface area (TPSA) is 29.1 Å². The van der Waals surface area contributed by atoms with Crippen molar-refractivity contribution in [1.82, 2.24) is 5.32 Å². The van der Waals surface area contributed by atoms with Gasteiger partial charge in [-0.05, 0) is 44.4 Å². The molecular formula is C15H31NO. The minimum absolute atomic E-state index is 0. The van der Waals surface area contributed by atoms with Crippen molar-refractivity contribution in [3.63, 3.8) is 0 Å². The molecule has 0 aromatic heterocycles. The minimum Gasteiger partial charge on any atom is -0.354 e. The fourth-order valence-corrected chi connectivity index (χ4v) is 3.49. The number of nitrogens with one attached hydrogen (secondary N) is 1. The Labute approximate surface area is 108 Å². The molecule has 17 heavy (non-hydrogen) atoms. The zero-order valence-electron chi connectivity index (χ0n) is 12.0. The van der Waals surface area contributed by atoms with E-state index in [0.717, 1.165) is 12.3 Å². The van der Waals surface area contributed by atoms with Crippen molar-refractivity contribution in [1.29, 1.82) is 0 Å². The van der Waals surface area contributed by atoms with Gasteiger partial charge in [0.15, 0.2) is 0 Å². The number of rotatable bonds is 5. The van der Waals surface area contributed by atoms with E-state index in [1.807, 2.05) is 13.8 Å². The molecule has 1 rings (SSSR count). The third-order valence-corrected chi connectivity index (χ3v) is 3.95. The van der Waals surface area contributed by atoms with E-state index in [1.54, 1.807) is 0 Å². The van der Waals surface area contributed by atoms with Crippen LogP contribution in [0.3, 0.4) is 0 Å². The van der Waals surface area contributed by atoms with Crippen molar-refractivity contribution in [2.45, 2.75) is 78.7 Å². The smallest absolute Gasteiger partial charge is 0.220 e. The molecule has 2 nitrogen and oxygen atoms in total. The molecular weight excluding hydrogens is 210 g/mol. The quantitative estimate of drug-likeness (QED) is 0.770. The van der Waals surface area contributed by atoms with E-state index in [9.17, 15) is 4.79 Å². The molecule has 1 aliphatic rings. The zero-order valence-corrected chi connectivity index (χ0v) is 12.0. The molecule has 2 heteroatoms. The summed E-state index contributed by atoms with van der Waals surface area (Å²) in [5, 5.41) is 3.05. The Hall–Kier alpha value is -0.530. The summed E-state index contributed by atoms with van der Waals surface area (Å²) in [5.41, 5.74) is 0.297. The maximum atomic E-state index is 12.0. The fourth-order valence-electron chi connectivity index (χ4n) is 3.49. The molecule has 102 valence electrons. The van der Waals surface area contributed by atoms with E-state index in [1.165, 1.54) is 38.5 Å². The van der Waals surface area contributed by atoms with Gasteiger partial charge in [-0.3, -0.25) is 4.79 Å². The summed E-state index contributed by atoms with van der Waals surface area (Å²) in [5.74, 6) is 1.05. The molecule has 0 radical (unpaired) electrons. The van der Waals surface area contributed by atoms with Crippen LogP contribution < -0.4 is 5.32 Å². The first-order valence-corrected chi connectivity index (χ1v) is 7.27. The molecule has 0 saturated heterocycles. The van der Waals surface area contributed by atoms with Crippen molar-refractivity contribution in [3.8, 4) is 0 Å². The van der Waals surface area contributed by atoms with Crippen molar-refractivity contribution in [2.24, 2.45) is 11.3 Å². The minimum atomic E-state index is 0. The fraction of sp³-hybridized carbons (Fsp3) is 0.933. The molecule has 0 bridgehead atoms. The van der Waals surface area contributed by atoms with Gasteiger partial charge in [-0.1, -0.05) is 33.1 Å². The van der Waals surface area contributed by atoms with Crippen LogP contribution in [0, 0.1) is 11.3 Å². The van der Waals surface area contributed by atoms with Gasteiger partial charge in [-0.2, -0.15) is 0 Å². The molecule has 2 unspecified atom stereocenters. The lowest BCUT2D eigenvalue weighted by Crippen LogP contribution is -2.37. The van der Waals surface area contributed by atoms with E-state index in [2.05, 4.69) is 19.2 Å². The Kier molecular flexibility index (Phi) is 5.48. The Morgan fingerprint density at radius 3 is 2.76 bits per heavy atom. The van der Waals surface area contributed by atoms with Crippen LogP contribution in [-0.4, -0.2) is 11.9 Å². The summed E-state index contributed by atoms with van der Waals surface area (Å²) in [4.78, 5) is 12.0.